The molecule has 1 atom stereocenters. The number of anilines is 3. The van der Waals surface area contributed by atoms with E-state index in [1.54, 1.807) is 12.1 Å². The molecule has 2 aromatic carbocycles. The number of hydrogen-bond acceptors (Lipinski definition) is 9. The lowest BCUT2D eigenvalue weighted by atomic mass is 10.1. The first-order valence-corrected chi connectivity index (χ1v) is 12.9. The third-order valence-corrected chi connectivity index (χ3v) is 6.43. The normalized spacial score (nSPS) is 14.6. The molecular weight excluding hydrogens is 567 g/mol. The second-order valence-electron chi connectivity index (χ2n) is 9.38. The van der Waals surface area contributed by atoms with Crippen molar-refractivity contribution in [3.63, 3.8) is 0 Å². The molecule has 1 fully saturated rings. The molecule has 1 heterocycles. The molecule has 1 amide bonds. The number of halogens is 4. The maximum absolute atomic E-state index is 12.8. The molecule has 1 aliphatic carbocycles. The fourth-order valence-electron chi connectivity index (χ4n) is 3.93. The molecular formula is C26H27ClF3N7O4. The molecule has 6 N–H and O–H groups in total. The predicted octanol–water partition coefficient (Wildman–Crippen LogP) is 4.23. The number of carbonyl (C=O) groups excluding carboxylic acids is 1. The number of ether oxygens (including phenoxy) is 1. The van der Waals surface area contributed by atoms with Crippen LogP contribution in [0.5, 0.6) is 6.01 Å². The van der Waals surface area contributed by atoms with Crippen molar-refractivity contribution < 1.29 is 32.6 Å². The Morgan fingerprint density at radius 3 is 2.29 bits per heavy atom. The zero-order valence-corrected chi connectivity index (χ0v) is 22.3. The lowest BCUT2D eigenvalue weighted by Crippen LogP contribution is -2.41. The average Bonchev–Trinajstić information content (AvgIpc) is 3.70. The van der Waals surface area contributed by atoms with Gasteiger partial charge in [0.15, 0.2) is 6.61 Å². The predicted molar refractivity (Wildman–Crippen MR) is 144 cm³/mol. The zero-order valence-electron chi connectivity index (χ0n) is 21.5. The third kappa shape index (κ3) is 8.41. The topological polar surface area (TPSA) is 164 Å². The van der Waals surface area contributed by atoms with Crippen LogP contribution in [0.3, 0.4) is 0 Å². The number of aliphatic carboxylic acids is 1. The molecule has 0 saturated heterocycles. The fourth-order valence-corrected chi connectivity index (χ4v) is 4.05. The van der Waals surface area contributed by atoms with E-state index < -0.39 is 42.3 Å². The molecule has 0 spiro atoms. The third-order valence-electron chi connectivity index (χ3n) is 6.18. The number of amides is 1. The van der Waals surface area contributed by atoms with E-state index in [-0.39, 0.29) is 23.9 Å². The van der Waals surface area contributed by atoms with Gasteiger partial charge in [-0.2, -0.15) is 28.1 Å². The van der Waals surface area contributed by atoms with Crippen LogP contribution in [-0.2, 0) is 10.3 Å². The van der Waals surface area contributed by atoms with Crippen molar-refractivity contribution in [1.82, 2.24) is 20.3 Å². The van der Waals surface area contributed by atoms with Gasteiger partial charge in [0.2, 0.25) is 11.9 Å². The van der Waals surface area contributed by atoms with Gasteiger partial charge in [-0.25, -0.2) is 4.79 Å². The van der Waals surface area contributed by atoms with Gasteiger partial charge in [-0.15, -0.1) is 0 Å². The molecule has 0 aliphatic heterocycles. The van der Waals surface area contributed by atoms with Gasteiger partial charge < -0.3 is 31.5 Å². The maximum atomic E-state index is 12.8. The second-order valence-corrected chi connectivity index (χ2v) is 9.82. The Hall–Kier alpha value is -4.17. The highest BCUT2D eigenvalue weighted by Gasteiger charge is 2.45. The van der Waals surface area contributed by atoms with Gasteiger partial charge in [0.25, 0.3) is 5.91 Å². The number of aromatic nitrogens is 3. The largest absolute Gasteiger partial charge is 0.480 e. The number of nitrogens with zero attached hydrogens (tertiary/aromatic N) is 3. The van der Waals surface area contributed by atoms with Crippen molar-refractivity contribution in [3.8, 4) is 6.01 Å². The van der Waals surface area contributed by atoms with Crippen LogP contribution in [0.2, 0.25) is 5.02 Å². The van der Waals surface area contributed by atoms with Crippen LogP contribution in [0.1, 0.15) is 41.6 Å². The quantitative estimate of drug-likeness (QED) is 0.194. The number of carbonyl (C=O) groups is 2. The summed E-state index contributed by atoms with van der Waals surface area (Å²) >= 11 is 5.99. The van der Waals surface area contributed by atoms with Crippen molar-refractivity contribution in [3.05, 3.63) is 64.7 Å². The Bertz CT molecular complexity index is 1370. The summed E-state index contributed by atoms with van der Waals surface area (Å²) < 4.78 is 43.2. The Labute approximate surface area is 237 Å². The Morgan fingerprint density at radius 2 is 1.71 bits per heavy atom. The molecule has 218 valence electrons. The average molecular weight is 594 g/mol. The van der Waals surface area contributed by atoms with E-state index in [0.717, 1.165) is 18.4 Å². The highest BCUT2D eigenvalue weighted by Crippen LogP contribution is 2.48. The van der Waals surface area contributed by atoms with Crippen molar-refractivity contribution >= 4 is 41.1 Å². The van der Waals surface area contributed by atoms with Crippen LogP contribution in [0, 0.1) is 0 Å². The molecule has 1 aromatic heterocycles. The summed E-state index contributed by atoms with van der Waals surface area (Å²) in [4.78, 5) is 36.2. The number of hydrogen-bond donors (Lipinski definition) is 5. The smallest absolute Gasteiger partial charge is 0.422 e. The molecule has 0 bridgehead atoms. The zero-order chi connectivity index (χ0) is 29.6. The lowest BCUT2D eigenvalue weighted by Gasteiger charge is -2.19. The van der Waals surface area contributed by atoms with Crippen LogP contribution in [0.4, 0.5) is 30.8 Å². The fraction of sp³-hybridized carbons (Fsp3) is 0.346. The number of carboxylic acid groups (broad SMARTS) is 1. The summed E-state index contributed by atoms with van der Waals surface area (Å²) in [6.07, 6.45) is -2.51. The summed E-state index contributed by atoms with van der Waals surface area (Å²) in [5, 5.41) is 18.4. The minimum Gasteiger partial charge on any atom is -0.480 e. The molecule has 15 heteroatoms. The summed E-state index contributed by atoms with van der Waals surface area (Å²) in [6.45, 7) is -1.30. The molecule has 0 radical (unpaired) electrons. The van der Waals surface area contributed by atoms with Crippen molar-refractivity contribution in [2.75, 3.05) is 23.8 Å². The number of alkyl halides is 3. The van der Waals surface area contributed by atoms with Crippen LogP contribution in [-0.4, -0.2) is 57.3 Å². The van der Waals surface area contributed by atoms with Crippen molar-refractivity contribution in [1.29, 1.82) is 0 Å². The van der Waals surface area contributed by atoms with E-state index >= 15 is 0 Å². The van der Waals surface area contributed by atoms with Crippen LogP contribution < -0.4 is 26.4 Å². The van der Waals surface area contributed by atoms with E-state index in [1.807, 2.05) is 12.1 Å². The lowest BCUT2D eigenvalue weighted by molar-refractivity contribution is -0.154. The number of nitrogens with one attached hydrogen (secondary N) is 3. The first kappa shape index (κ1) is 29.8. The Kier molecular flexibility index (Phi) is 9.13. The van der Waals surface area contributed by atoms with E-state index in [0.29, 0.717) is 23.7 Å². The number of carboxylic acids is 1. The van der Waals surface area contributed by atoms with E-state index in [4.69, 9.17) is 22.1 Å². The first-order valence-electron chi connectivity index (χ1n) is 12.6. The molecule has 11 nitrogen and oxygen atoms in total. The van der Waals surface area contributed by atoms with Gasteiger partial charge in [-0.3, -0.25) is 4.79 Å². The number of nitrogens with two attached hydrogens (primary N) is 1. The van der Waals surface area contributed by atoms with E-state index in [2.05, 4.69) is 30.9 Å². The summed E-state index contributed by atoms with van der Waals surface area (Å²) in [7, 11) is 0. The van der Waals surface area contributed by atoms with Gasteiger partial charge >= 0.3 is 18.2 Å². The van der Waals surface area contributed by atoms with Gasteiger partial charge in [0.1, 0.15) is 6.04 Å². The van der Waals surface area contributed by atoms with Gasteiger partial charge in [0, 0.05) is 16.3 Å². The molecule has 1 saturated carbocycles. The molecule has 1 aliphatic rings. The molecule has 4 rings (SSSR count). The van der Waals surface area contributed by atoms with Crippen LogP contribution in [0.25, 0.3) is 0 Å². The molecule has 41 heavy (non-hydrogen) atoms. The van der Waals surface area contributed by atoms with Crippen molar-refractivity contribution in [2.45, 2.75) is 43.4 Å². The van der Waals surface area contributed by atoms with Gasteiger partial charge in [-0.05, 0) is 74.2 Å². The summed E-state index contributed by atoms with van der Waals surface area (Å²) in [5.74, 6) is -1.86. The highest BCUT2D eigenvalue weighted by atomic mass is 35.5. The van der Waals surface area contributed by atoms with Gasteiger partial charge in [-0.1, -0.05) is 23.7 Å². The summed E-state index contributed by atoms with van der Waals surface area (Å²) in [5.41, 5.74) is 6.42. The Balaban J connectivity index is 1.51. The number of benzene rings is 2. The monoisotopic (exact) mass is 593 g/mol. The van der Waals surface area contributed by atoms with Crippen LogP contribution in [0.15, 0.2) is 48.5 Å². The van der Waals surface area contributed by atoms with Crippen molar-refractivity contribution in [2.24, 2.45) is 5.73 Å². The second kappa shape index (κ2) is 12.6. The van der Waals surface area contributed by atoms with Gasteiger partial charge in [0.05, 0.1) is 5.54 Å². The standard InChI is InChI=1S/C26H27ClF3N7O4/c27-17-7-5-16(6-8-17)25(11-12-25)37-23-34-22(35-24(36-23)41-14-26(28,29)30)32-18-9-3-15(4-10-18)20(38)33-19(21(39)40)2-1-13-31/h3-10,19H,1-2,11-14,31H2,(H,33,38)(H,39,40)(H2,32,34,35,36,37). The molecule has 3 aromatic rings. The first-order chi connectivity index (χ1) is 19.5. The minimum atomic E-state index is -4.60. The van der Waals surface area contributed by atoms with E-state index in [9.17, 15) is 27.9 Å². The van der Waals surface area contributed by atoms with E-state index in [1.165, 1.54) is 24.3 Å². The summed E-state index contributed by atoms with van der Waals surface area (Å²) in [6, 6.07) is 11.4. The minimum absolute atomic E-state index is 0.000291. The van der Waals surface area contributed by atoms with Crippen LogP contribution >= 0.6 is 11.6 Å². The Morgan fingerprint density at radius 1 is 1.05 bits per heavy atom. The highest BCUT2D eigenvalue weighted by molar-refractivity contribution is 6.30. The maximum Gasteiger partial charge on any atom is 0.422 e. The number of rotatable bonds is 13. The molecule has 1 unspecified atom stereocenters. The SMILES string of the molecule is NCCCC(NC(=O)c1ccc(Nc2nc(NC3(c4ccc(Cl)cc4)CC3)nc(OCC(F)(F)F)n2)cc1)C(=O)O.